The summed E-state index contributed by atoms with van der Waals surface area (Å²) in [5.74, 6) is -0.354. The third-order valence-electron chi connectivity index (χ3n) is 0.717. The van der Waals surface area contributed by atoms with E-state index in [1.165, 1.54) is 18.4 Å². The molecule has 0 amide bonds. The molecule has 0 saturated heterocycles. The van der Waals surface area contributed by atoms with Crippen molar-refractivity contribution in [3.8, 4) is 5.75 Å². The second-order valence-electron chi connectivity index (χ2n) is 1.29. The molecule has 0 aliphatic carbocycles. The Hall–Kier alpha value is -0.731. The van der Waals surface area contributed by atoms with E-state index in [-0.39, 0.29) is 22.8 Å². The minimum atomic E-state index is -0.701. The van der Waals surface area contributed by atoms with Gasteiger partial charge in [-0.05, 0) is 12.1 Å². The molecular weight excluding hydrogens is 164 g/mol. The number of rotatable bonds is 0. The van der Waals surface area contributed by atoms with Crippen LogP contribution in [0.2, 0.25) is 0 Å². The van der Waals surface area contributed by atoms with E-state index in [0.717, 1.165) is 0 Å². The van der Waals surface area contributed by atoms with Crippen LogP contribution in [0, 0.1) is 0 Å². The molecule has 1 aromatic heterocycles. The maximum absolute atomic E-state index is 10.2. The van der Waals surface area contributed by atoms with Crippen LogP contribution < -0.4 is 5.63 Å². The molecule has 0 aliphatic heterocycles. The van der Waals surface area contributed by atoms with Crippen LogP contribution in [0.1, 0.15) is 0 Å². The summed E-state index contributed by atoms with van der Waals surface area (Å²) in [6.45, 7) is 0. The van der Waals surface area contributed by atoms with Crippen molar-refractivity contribution >= 4 is 0 Å². The maximum Gasteiger partial charge on any atom is 0.378 e. The van der Waals surface area contributed by atoms with E-state index in [1.54, 1.807) is 0 Å². The summed E-state index contributed by atoms with van der Waals surface area (Å²) < 4.78 is 4.25. The molecule has 1 rings (SSSR count). The molecule has 0 aliphatic rings. The van der Waals surface area contributed by atoms with Crippen LogP contribution in [0.5, 0.6) is 5.75 Å². The van der Waals surface area contributed by atoms with Crippen molar-refractivity contribution in [2.45, 2.75) is 0 Å². The Bertz CT molecular complexity index is 230. The zero-order valence-corrected chi connectivity index (χ0v) is 5.45. The molecule has 0 fully saturated rings. The van der Waals surface area contributed by atoms with E-state index < -0.39 is 5.63 Å². The number of hydrogen-bond donors (Lipinski definition) is 1. The predicted molar refractivity (Wildman–Crippen MR) is 26.6 cm³/mol. The Morgan fingerprint density at radius 3 is 2.56 bits per heavy atom. The summed E-state index contributed by atoms with van der Waals surface area (Å²) in [5, 5.41) is 8.51. The van der Waals surface area contributed by atoms with Crippen LogP contribution in [0.4, 0.5) is 0 Å². The monoisotopic (exact) mass is 168 g/mol. The van der Waals surface area contributed by atoms with Gasteiger partial charge >= 0.3 is 5.63 Å². The Morgan fingerprint density at radius 2 is 2.22 bits per heavy atom. The second-order valence-corrected chi connectivity index (χ2v) is 1.29. The molecule has 1 aromatic rings. The van der Waals surface area contributed by atoms with E-state index in [0.29, 0.717) is 0 Å². The Kier molecular flexibility index (Phi) is 3.06. The molecule has 0 radical (unpaired) electrons. The number of aromatic hydroxyl groups is 1. The van der Waals surface area contributed by atoms with Gasteiger partial charge in [-0.25, -0.2) is 4.79 Å². The van der Waals surface area contributed by atoms with E-state index in [2.05, 4.69) is 4.42 Å². The minimum Gasteiger partial charge on any atom is -0.502 e. The van der Waals surface area contributed by atoms with Gasteiger partial charge < -0.3 is 9.52 Å². The topological polar surface area (TPSA) is 50.4 Å². The van der Waals surface area contributed by atoms with Crippen LogP contribution in [0.15, 0.2) is 27.6 Å². The molecule has 0 aromatic carbocycles. The summed E-state index contributed by atoms with van der Waals surface area (Å²) in [5.41, 5.74) is -0.701. The largest absolute Gasteiger partial charge is 0.502 e. The minimum absolute atomic E-state index is 0. The van der Waals surface area contributed by atoms with Crippen molar-refractivity contribution in [3.63, 3.8) is 0 Å². The molecule has 0 spiro atoms. The molecule has 4 heteroatoms. The fourth-order valence-corrected chi connectivity index (χ4v) is 0.360. The summed E-state index contributed by atoms with van der Waals surface area (Å²) in [4.78, 5) is 10.2. The van der Waals surface area contributed by atoms with Crippen LogP contribution >= 0.6 is 0 Å². The molecule has 9 heavy (non-hydrogen) atoms. The fourth-order valence-electron chi connectivity index (χ4n) is 0.360. The Labute approximate surface area is 61.8 Å². The quantitative estimate of drug-likeness (QED) is 0.568. The van der Waals surface area contributed by atoms with Gasteiger partial charge in [-0.2, -0.15) is 0 Å². The first-order valence-electron chi connectivity index (χ1n) is 2.07. The van der Waals surface area contributed by atoms with Crippen LogP contribution in [0.3, 0.4) is 0 Å². The summed E-state index contributed by atoms with van der Waals surface area (Å²) in [6, 6.07) is 2.71. The van der Waals surface area contributed by atoms with Crippen molar-refractivity contribution in [1.29, 1.82) is 0 Å². The van der Waals surface area contributed by atoms with E-state index in [4.69, 9.17) is 5.11 Å². The molecule has 1 heterocycles. The first-order valence-corrected chi connectivity index (χ1v) is 2.07. The molecule has 0 saturated carbocycles. The average Bonchev–Trinajstić information content (AvgIpc) is 1.77. The molecule has 0 unspecified atom stereocenters. The van der Waals surface area contributed by atoms with Gasteiger partial charge in [0.05, 0.1) is 6.26 Å². The van der Waals surface area contributed by atoms with Crippen molar-refractivity contribution in [3.05, 3.63) is 28.8 Å². The van der Waals surface area contributed by atoms with Crippen LogP contribution in [0.25, 0.3) is 0 Å². The van der Waals surface area contributed by atoms with Crippen molar-refractivity contribution < 1.29 is 26.6 Å². The van der Waals surface area contributed by atoms with E-state index >= 15 is 0 Å². The van der Waals surface area contributed by atoms with Gasteiger partial charge in [-0.3, -0.25) is 0 Å². The van der Waals surface area contributed by atoms with Crippen molar-refractivity contribution in [2.24, 2.45) is 0 Å². The van der Waals surface area contributed by atoms with Gasteiger partial charge in [-0.1, -0.05) is 0 Å². The summed E-state index contributed by atoms with van der Waals surface area (Å²) in [7, 11) is 0. The average molecular weight is 168 g/mol. The van der Waals surface area contributed by atoms with Gasteiger partial charge in [0, 0.05) is 17.1 Å². The Morgan fingerprint density at radius 1 is 1.56 bits per heavy atom. The second kappa shape index (κ2) is 3.33. The van der Waals surface area contributed by atoms with Gasteiger partial charge in [0.25, 0.3) is 0 Å². The van der Waals surface area contributed by atoms with Gasteiger partial charge in [0.15, 0.2) is 0 Å². The Balaban J connectivity index is 0.000000640. The van der Waals surface area contributed by atoms with Gasteiger partial charge in [0.2, 0.25) is 5.75 Å². The van der Waals surface area contributed by atoms with Crippen LogP contribution in [-0.4, -0.2) is 5.11 Å². The molecule has 1 N–H and O–H groups in total. The zero-order chi connectivity index (χ0) is 5.98. The van der Waals surface area contributed by atoms with Crippen LogP contribution in [-0.2, 0) is 17.1 Å². The molecule has 3 nitrogen and oxygen atoms in total. The predicted octanol–water partition coefficient (Wildman–Crippen LogP) is 0.343. The summed E-state index contributed by atoms with van der Waals surface area (Å²) >= 11 is 0. The molecule has 50 valence electrons. The van der Waals surface area contributed by atoms with E-state index in [9.17, 15) is 4.79 Å². The first kappa shape index (κ1) is 8.27. The normalized spacial score (nSPS) is 8.00. The molecular formula is C5H4FeO3. The molecule has 0 bridgehead atoms. The molecule has 0 atom stereocenters. The zero-order valence-electron chi connectivity index (χ0n) is 4.35. The first-order chi connectivity index (χ1) is 3.80. The smallest absolute Gasteiger partial charge is 0.378 e. The van der Waals surface area contributed by atoms with E-state index in [1.807, 2.05) is 0 Å². The SMILES string of the molecule is O=c1occcc1O.[Fe]. The fraction of sp³-hybridized carbons (Fsp3) is 0. The number of hydrogen-bond acceptors (Lipinski definition) is 3. The standard InChI is InChI=1S/C5H4O3.Fe/c6-4-2-1-3-8-5(4)7;/h1-3,6H;. The van der Waals surface area contributed by atoms with Crippen molar-refractivity contribution in [1.82, 2.24) is 0 Å². The van der Waals surface area contributed by atoms with Gasteiger partial charge in [0.1, 0.15) is 0 Å². The maximum atomic E-state index is 10.2. The third-order valence-corrected chi connectivity index (χ3v) is 0.717. The summed E-state index contributed by atoms with van der Waals surface area (Å²) in [6.07, 6.45) is 1.21. The van der Waals surface area contributed by atoms with Crippen molar-refractivity contribution in [2.75, 3.05) is 0 Å². The van der Waals surface area contributed by atoms with Gasteiger partial charge in [-0.15, -0.1) is 0 Å². The third kappa shape index (κ3) is 1.91.